The summed E-state index contributed by atoms with van der Waals surface area (Å²) in [6.45, 7) is 5.61. The third-order valence-electron chi connectivity index (χ3n) is 3.53. The third-order valence-corrected chi connectivity index (χ3v) is 6.86. The first-order valence-corrected chi connectivity index (χ1v) is 9.34. The van der Waals surface area contributed by atoms with E-state index >= 15 is 0 Å². The quantitative estimate of drug-likeness (QED) is 0.816. The maximum atomic E-state index is 12.6. The molecule has 2 unspecified atom stereocenters. The van der Waals surface area contributed by atoms with Gasteiger partial charge in [-0.2, -0.15) is 0 Å². The molecule has 0 aliphatic heterocycles. The van der Waals surface area contributed by atoms with Crippen molar-refractivity contribution in [2.24, 2.45) is 0 Å². The van der Waals surface area contributed by atoms with E-state index in [-0.39, 0.29) is 0 Å². The Hall–Kier alpha value is -1.54. The number of benzene rings is 2. The molecular formula is C18H20O2Se. The Kier molecular flexibility index (Phi) is 5.24. The second-order valence-electron chi connectivity index (χ2n) is 5.26. The number of hydrogen-bond acceptors (Lipinski definition) is 2. The van der Waals surface area contributed by atoms with Gasteiger partial charge in [0, 0.05) is 0 Å². The zero-order valence-corrected chi connectivity index (χ0v) is 13.9. The first kappa shape index (κ1) is 15.8. The van der Waals surface area contributed by atoms with Crippen LogP contribution in [0, 0.1) is 0 Å². The van der Waals surface area contributed by atoms with E-state index in [0.29, 0.717) is 10.9 Å². The Morgan fingerprint density at radius 2 is 1.62 bits per heavy atom. The van der Waals surface area contributed by atoms with Crippen LogP contribution in [0.3, 0.4) is 0 Å². The van der Waals surface area contributed by atoms with Gasteiger partial charge >= 0.3 is 130 Å². The second kappa shape index (κ2) is 6.95. The van der Waals surface area contributed by atoms with E-state index in [1.165, 1.54) is 0 Å². The molecule has 2 rings (SSSR count). The number of aryl methyl sites for hydroxylation is 1. The summed E-state index contributed by atoms with van der Waals surface area (Å²) >= 11 is -2.45. The first-order valence-electron chi connectivity index (χ1n) is 6.93. The van der Waals surface area contributed by atoms with Crippen LogP contribution < -0.4 is 4.46 Å². The van der Waals surface area contributed by atoms with Gasteiger partial charge < -0.3 is 0 Å². The zero-order valence-electron chi connectivity index (χ0n) is 12.2. The van der Waals surface area contributed by atoms with Crippen molar-refractivity contribution in [1.82, 2.24) is 0 Å². The molecule has 2 aromatic rings. The zero-order chi connectivity index (χ0) is 15.3. The number of rotatable bonds is 6. The van der Waals surface area contributed by atoms with Crippen LogP contribution in [-0.4, -0.2) is 24.5 Å². The van der Waals surface area contributed by atoms with E-state index in [2.05, 4.69) is 6.58 Å². The molecule has 0 spiro atoms. The van der Waals surface area contributed by atoms with Crippen LogP contribution in [0.2, 0.25) is 0 Å². The molecule has 110 valence electrons. The Balaban J connectivity index is 2.05. The van der Waals surface area contributed by atoms with Gasteiger partial charge in [-0.3, -0.25) is 0 Å². The van der Waals surface area contributed by atoms with Gasteiger partial charge in [0.2, 0.25) is 0 Å². The van der Waals surface area contributed by atoms with Gasteiger partial charge in [0.05, 0.1) is 0 Å². The normalized spacial score (nSPS) is 15.1. The molecule has 2 atom stereocenters. The van der Waals surface area contributed by atoms with Crippen LogP contribution in [0.15, 0.2) is 71.7 Å². The van der Waals surface area contributed by atoms with Gasteiger partial charge in [-0.15, -0.1) is 0 Å². The Morgan fingerprint density at radius 1 is 1.10 bits per heavy atom. The fourth-order valence-corrected chi connectivity index (χ4v) is 4.56. The molecule has 2 nitrogen and oxygen atoms in total. The molecule has 0 saturated heterocycles. The summed E-state index contributed by atoms with van der Waals surface area (Å²) in [6.07, 6.45) is 1.26. The predicted molar refractivity (Wildman–Crippen MR) is 87.0 cm³/mol. The van der Waals surface area contributed by atoms with Crippen LogP contribution in [0.1, 0.15) is 18.9 Å². The van der Waals surface area contributed by atoms with E-state index in [0.717, 1.165) is 16.4 Å². The molecule has 0 bridgehead atoms. The molecule has 1 N–H and O–H groups in total. The molecule has 0 amide bonds. The summed E-state index contributed by atoms with van der Waals surface area (Å²) in [7, 11) is 0. The van der Waals surface area contributed by atoms with Crippen molar-refractivity contribution in [1.29, 1.82) is 0 Å². The van der Waals surface area contributed by atoms with Crippen molar-refractivity contribution < 1.29 is 8.94 Å². The molecule has 0 radical (unpaired) electrons. The average Bonchev–Trinajstić information content (AvgIpc) is 2.53. The van der Waals surface area contributed by atoms with E-state index < -0.39 is 19.4 Å². The molecule has 0 aliphatic carbocycles. The van der Waals surface area contributed by atoms with Gasteiger partial charge in [-0.1, -0.05) is 0 Å². The van der Waals surface area contributed by atoms with Gasteiger partial charge in [0.15, 0.2) is 0 Å². The molecule has 21 heavy (non-hydrogen) atoms. The van der Waals surface area contributed by atoms with Crippen LogP contribution in [0.5, 0.6) is 0 Å². The SMILES string of the molecule is C=C([Se](=O)c1ccccc1)C(C)(O)CCc1ccccc1. The van der Waals surface area contributed by atoms with Crippen molar-refractivity contribution in [2.45, 2.75) is 25.4 Å². The molecule has 0 aromatic heterocycles. The van der Waals surface area contributed by atoms with Crippen LogP contribution in [0.4, 0.5) is 0 Å². The van der Waals surface area contributed by atoms with E-state index in [1.807, 2.05) is 60.7 Å². The summed E-state index contributed by atoms with van der Waals surface area (Å²) < 4.78 is 13.8. The first-order chi connectivity index (χ1) is 10.0. The summed E-state index contributed by atoms with van der Waals surface area (Å²) in [5.41, 5.74) is 0.0469. The second-order valence-corrected chi connectivity index (χ2v) is 8.42. The Bertz CT molecular complexity index is 618. The van der Waals surface area contributed by atoms with Crippen molar-refractivity contribution in [3.05, 3.63) is 77.3 Å². The number of aliphatic hydroxyl groups is 1. The molecular weight excluding hydrogens is 327 g/mol. The van der Waals surface area contributed by atoms with Crippen molar-refractivity contribution >= 4 is 18.3 Å². The van der Waals surface area contributed by atoms with Gasteiger partial charge in [0.1, 0.15) is 0 Å². The third kappa shape index (κ3) is 4.21. The number of hydrogen-bond donors (Lipinski definition) is 1. The standard InChI is InChI=1S/C18H20O2Se/c1-15(21(20)17-11-7-4-8-12-17)18(2,19)14-13-16-9-5-3-6-10-16/h3-12,19H,1,13-14H2,2H3. The predicted octanol–water partition coefficient (Wildman–Crippen LogP) is 2.79. The minimum atomic E-state index is -2.45. The molecule has 0 fully saturated rings. The summed E-state index contributed by atoms with van der Waals surface area (Å²) in [6, 6.07) is 19.2. The molecule has 2 aromatic carbocycles. The van der Waals surface area contributed by atoms with Crippen LogP contribution in [-0.2, 0) is 10.3 Å². The van der Waals surface area contributed by atoms with E-state index in [9.17, 15) is 8.94 Å². The fourth-order valence-electron chi connectivity index (χ4n) is 2.06. The van der Waals surface area contributed by atoms with Crippen LogP contribution >= 0.6 is 0 Å². The molecule has 0 saturated carbocycles. The molecule has 3 heteroatoms. The molecule has 0 heterocycles. The van der Waals surface area contributed by atoms with Crippen molar-refractivity contribution in [2.75, 3.05) is 0 Å². The van der Waals surface area contributed by atoms with Crippen molar-refractivity contribution in [3.63, 3.8) is 0 Å². The monoisotopic (exact) mass is 348 g/mol. The summed E-state index contributed by atoms with van der Waals surface area (Å²) in [5, 5.41) is 10.6. The van der Waals surface area contributed by atoms with Crippen molar-refractivity contribution in [3.8, 4) is 0 Å². The van der Waals surface area contributed by atoms with Gasteiger partial charge in [-0.25, -0.2) is 0 Å². The van der Waals surface area contributed by atoms with Gasteiger partial charge in [-0.05, 0) is 0 Å². The minimum absolute atomic E-state index is 0.449. The van der Waals surface area contributed by atoms with E-state index in [1.54, 1.807) is 6.92 Å². The maximum absolute atomic E-state index is 12.6. The van der Waals surface area contributed by atoms with Gasteiger partial charge in [0.25, 0.3) is 0 Å². The average molecular weight is 347 g/mol. The topological polar surface area (TPSA) is 37.3 Å². The summed E-state index contributed by atoms with van der Waals surface area (Å²) in [4.78, 5) is 0. The Labute approximate surface area is 130 Å². The van der Waals surface area contributed by atoms with E-state index in [4.69, 9.17) is 0 Å². The fraction of sp³-hybridized carbons (Fsp3) is 0.222. The summed E-state index contributed by atoms with van der Waals surface area (Å²) in [5.74, 6) is 0. The molecule has 0 aliphatic rings. The van der Waals surface area contributed by atoms with Crippen LogP contribution in [0.25, 0.3) is 0 Å². The Morgan fingerprint density at radius 3 is 2.19 bits per heavy atom.